The van der Waals surface area contributed by atoms with Gasteiger partial charge in [0, 0.05) is 61.1 Å². The first kappa shape index (κ1) is 21.3. The maximum atomic E-state index is 8.85. The lowest BCUT2D eigenvalue weighted by molar-refractivity contribution is 0.237. The Morgan fingerprint density at radius 2 is 2.13 bits per heavy atom. The fourth-order valence-electron chi connectivity index (χ4n) is 3.93. The Labute approximate surface area is 182 Å². The van der Waals surface area contributed by atoms with Crippen molar-refractivity contribution in [3.05, 3.63) is 59.8 Å². The Bertz CT molecular complexity index is 1040. The fourth-order valence-corrected chi connectivity index (χ4v) is 3.93. The van der Waals surface area contributed by atoms with Crippen LogP contribution in [0.2, 0.25) is 0 Å². The van der Waals surface area contributed by atoms with E-state index in [9.17, 15) is 0 Å². The van der Waals surface area contributed by atoms with E-state index in [0.29, 0.717) is 30.8 Å². The first-order valence-corrected chi connectivity index (χ1v) is 10.9. The second-order valence-corrected chi connectivity index (χ2v) is 7.86. The number of benzene rings is 1. The van der Waals surface area contributed by atoms with Crippen LogP contribution >= 0.6 is 0 Å². The minimum Gasteiger partial charge on any atom is -0.395 e. The number of aliphatic hydroxyl groups excluding tert-OH is 1. The summed E-state index contributed by atoms with van der Waals surface area (Å²) in [5, 5.41) is 16.4. The van der Waals surface area contributed by atoms with Crippen molar-refractivity contribution in [2.24, 2.45) is 11.7 Å². The topological polar surface area (TPSA) is 102 Å². The fraction of sp³-hybridized carbons (Fsp3) is 0.417. The molecule has 0 spiro atoms. The van der Waals surface area contributed by atoms with E-state index in [0.717, 1.165) is 41.9 Å². The Kier molecular flexibility index (Phi) is 6.82. The number of nitrogens with two attached hydrogens (primary N) is 1. The molecular weight excluding hydrogens is 390 g/mol. The molecule has 1 atom stereocenters. The van der Waals surface area contributed by atoms with Crippen molar-refractivity contribution >= 4 is 0 Å². The van der Waals surface area contributed by atoms with Crippen LogP contribution in [0.15, 0.2) is 47.2 Å². The Morgan fingerprint density at radius 3 is 2.84 bits per heavy atom. The van der Waals surface area contributed by atoms with Crippen LogP contribution in [0.3, 0.4) is 0 Å². The zero-order valence-corrected chi connectivity index (χ0v) is 17.8. The first-order chi connectivity index (χ1) is 15.2. The van der Waals surface area contributed by atoms with Crippen LogP contribution in [0.4, 0.5) is 0 Å². The molecule has 0 saturated heterocycles. The quantitative estimate of drug-likeness (QED) is 0.485. The monoisotopic (exact) mass is 419 g/mol. The maximum absolute atomic E-state index is 8.85. The van der Waals surface area contributed by atoms with Crippen molar-refractivity contribution in [2.75, 3.05) is 19.7 Å². The summed E-state index contributed by atoms with van der Waals surface area (Å²) < 4.78 is 7.67. The van der Waals surface area contributed by atoms with E-state index in [-0.39, 0.29) is 12.6 Å². The molecule has 0 amide bonds. The van der Waals surface area contributed by atoms with Gasteiger partial charge in [-0.2, -0.15) is 0 Å². The van der Waals surface area contributed by atoms with Gasteiger partial charge in [0.1, 0.15) is 11.5 Å². The van der Waals surface area contributed by atoms with E-state index in [2.05, 4.69) is 38.8 Å². The number of aryl methyl sites for hydroxylation is 1. The average molecular weight is 420 g/mol. The van der Waals surface area contributed by atoms with Gasteiger partial charge in [0.05, 0.1) is 12.6 Å². The van der Waals surface area contributed by atoms with Crippen molar-refractivity contribution in [2.45, 2.75) is 38.3 Å². The zero-order chi connectivity index (χ0) is 21.6. The number of hydrogen-bond acceptors (Lipinski definition) is 6. The molecule has 1 aromatic carbocycles. The van der Waals surface area contributed by atoms with Gasteiger partial charge >= 0.3 is 0 Å². The molecule has 2 heterocycles. The van der Waals surface area contributed by atoms with E-state index >= 15 is 0 Å². The Morgan fingerprint density at radius 1 is 1.32 bits per heavy atom. The lowest BCUT2D eigenvalue weighted by Crippen LogP contribution is -2.41. The van der Waals surface area contributed by atoms with Gasteiger partial charge in [-0.05, 0) is 37.1 Å². The van der Waals surface area contributed by atoms with Crippen LogP contribution in [0.1, 0.15) is 42.9 Å². The molecule has 0 radical (unpaired) electrons. The van der Waals surface area contributed by atoms with Crippen molar-refractivity contribution < 1.29 is 9.63 Å². The summed E-state index contributed by atoms with van der Waals surface area (Å²) in [4.78, 5) is 4.38. The highest BCUT2D eigenvalue weighted by molar-refractivity contribution is 5.59. The van der Waals surface area contributed by atoms with Crippen molar-refractivity contribution in [1.82, 2.24) is 20.0 Å². The minimum absolute atomic E-state index is 0.0988. The summed E-state index contributed by atoms with van der Waals surface area (Å²) in [6.45, 7) is 3.33. The van der Waals surface area contributed by atoms with Crippen LogP contribution in [0.25, 0.3) is 11.3 Å². The van der Waals surface area contributed by atoms with E-state index in [1.807, 2.05) is 36.5 Å². The molecule has 31 heavy (non-hydrogen) atoms. The molecule has 4 rings (SSSR count). The molecule has 1 saturated carbocycles. The molecule has 4 N–H and O–H groups in total. The summed E-state index contributed by atoms with van der Waals surface area (Å²) in [6, 6.07) is 10.4. The van der Waals surface area contributed by atoms with Crippen LogP contribution in [0.5, 0.6) is 0 Å². The van der Waals surface area contributed by atoms with Gasteiger partial charge in [-0.3, -0.25) is 0 Å². The third-order valence-electron chi connectivity index (χ3n) is 5.77. The molecular formula is C24H29N5O2. The Balaban J connectivity index is 1.40. The molecule has 0 bridgehead atoms. The van der Waals surface area contributed by atoms with Crippen LogP contribution in [-0.2, 0) is 6.42 Å². The predicted molar refractivity (Wildman–Crippen MR) is 119 cm³/mol. The third kappa shape index (κ3) is 4.88. The molecule has 7 heteroatoms. The SMILES string of the molecule is CCc1nccn1C(CN)c1cc(-c2ccc(C#CC3CC(NCCO)C3)cc2)on1. The lowest BCUT2D eigenvalue weighted by Gasteiger charge is -2.32. The molecule has 3 aromatic rings. The summed E-state index contributed by atoms with van der Waals surface area (Å²) in [6.07, 6.45) is 6.65. The number of hydrogen-bond donors (Lipinski definition) is 3. The van der Waals surface area contributed by atoms with Crippen molar-refractivity contribution in [1.29, 1.82) is 0 Å². The molecule has 162 valence electrons. The van der Waals surface area contributed by atoms with E-state index in [1.54, 1.807) is 6.20 Å². The molecule has 1 unspecified atom stereocenters. The molecule has 7 nitrogen and oxygen atoms in total. The smallest absolute Gasteiger partial charge is 0.167 e. The standard InChI is InChI=1S/C24H29N5O2/c1-2-24-27-9-11-29(24)22(16-25)21-15-23(31-28-21)19-7-5-17(6-8-19)3-4-18-13-20(14-18)26-10-12-30/h5-9,11,15,18,20,22,26,30H,2,10,12-14,16,25H2,1H3. The highest BCUT2D eigenvalue weighted by Gasteiger charge is 2.26. The van der Waals surface area contributed by atoms with E-state index in [1.165, 1.54) is 0 Å². The van der Waals surface area contributed by atoms with Gasteiger partial charge < -0.3 is 25.2 Å². The Hall–Kier alpha value is -2.92. The third-order valence-corrected chi connectivity index (χ3v) is 5.77. The lowest BCUT2D eigenvalue weighted by atomic mass is 9.80. The highest BCUT2D eigenvalue weighted by Crippen LogP contribution is 2.27. The van der Waals surface area contributed by atoms with Gasteiger partial charge in [0.25, 0.3) is 0 Å². The normalized spacial score (nSPS) is 18.8. The van der Waals surface area contributed by atoms with Gasteiger partial charge in [0.2, 0.25) is 0 Å². The van der Waals surface area contributed by atoms with Gasteiger partial charge in [-0.1, -0.05) is 23.9 Å². The van der Waals surface area contributed by atoms with Gasteiger partial charge in [-0.25, -0.2) is 4.98 Å². The number of rotatable bonds is 8. The van der Waals surface area contributed by atoms with Gasteiger partial charge in [-0.15, -0.1) is 0 Å². The second-order valence-electron chi connectivity index (χ2n) is 7.86. The number of imidazole rings is 1. The molecule has 1 aliphatic rings. The molecule has 0 aliphatic heterocycles. The number of aromatic nitrogens is 3. The zero-order valence-electron chi connectivity index (χ0n) is 17.8. The second kappa shape index (κ2) is 9.92. The van der Waals surface area contributed by atoms with Crippen LogP contribution in [-0.4, -0.2) is 45.6 Å². The summed E-state index contributed by atoms with van der Waals surface area (Å²) in [7, 11) is 0. The summed E-state index contributed by atoms with van der Waals surface area (Å²) >= 11 is 0. The number of nitrogens with zero attached hydrogens (tertiary/aromatic N) is 3. The van der Waals surface area contributed by atoms with E-state index in [4.69, 9.17) is 15.4 Å². The van der Waals surface area contributed by atoms with Crippen LogP contribution in [0, 0.1) is 17.8 Å². The number of aliphatic hydroxyl groups is 1. The highest BCUT2D eigenvalue weighted by atomic mass is 16.5. The minimum atomic E-state index is -0.0988. The number of nitrogens with one attached hydrogen (secondary N) is 1. The molecule has 1 aliphatic carbocycles. The first-order valence-electron chi connectivity index (χ1n) is 10.9. The average Bonchev–Trinajstić information content (AvgIpc) is 3.44. The molecule has 1 fully saturated rings. The van der Waals surface area contributed by atoms with Crippen molar-refractivity contribution in [3.8, 4) is 23.2 Å². The molecule has 2 aromatic heterocycles. The largest absolute Gasteiger partial charge is 0.395 e. The maximum Gasteiger partial charge on any atom is 0.167 e. The predicted octanol–water partition coefficient (Wildman–Crippen LogP) is 2.36. The van der Waals surface area contributed by atoms with Gasteiger partial charge in [0.15, 0.2) is 5.76 Å². The summed E-state index contributed by atoms with van der Waals surface area (Å²) in [5.41, 5.74) is 8.77. The summed E-state index contributed by atoms with van der Waals surface area (Å²) in [5.74, 6) is 8.72. The van der Waals surface area contributed by atoms with Crippen LogP contribution < -0.4 is 11.1 Å². The van der Waals surface area contributed by atoms with Crippen molar-refractivity contribution in [3.63, 3.8) is 0 Å². The van der Waals surface area contributed by atoms with E-state index < -0.39 is 0 Å².